The molecule has 0 radical (unpaired) electrons. The number of aromatic nitrogens is 5. The van der Waals surface area contributed by atoms with Gasteiger partial charge in [0.05, 0.1) is 6.54 Å². The summed E-state index contributed by atoms with van der Waals surface area (Å²) in [6.07, 6.45) is 1.26. The summed E-state index contributed by atoms with van der Waals surface area (Å²) in [4.78, 5) is 28.3. The Kier molecular flexibility index (Phi) is 4.33. The SMILES string of the molecule is O=C(NCc1ccccc1)c1ncn2c(=O)n(CCCl)nnc12. The minimum Gasteiger partial charge on any atom is -0.346 e. The standard InChI is InChI=1S/C14H13ClN6O2/c15-6-7-21-14(23)20-9-17-11(12(20)18-19-21)13(22)16-8-10-4-2-1-3-5-10/h1-5,9H,6-8H2,(H,16,22). The van der Waals surface area contributed by atoms with Crippen LogP contribution >= 0.6 is 11.6 Å². The summed E-state index contributed by atoms with van der Waals surface area (Å²) in [5, 5.41) is 10.4. The molecule has 0 unspecified atom stereocenters. The summed E-state index contributed by atoms with van der Waals surface area (Å²) in [7, 11) is 0. The first kappa shape index (κ1) is 15.2. The molecular weight excluding hydrogens is 320 g/mol. The van der Waals surface area contributed by atoms with E-state index in [1.165, 1.54) is 10.7 Å². The van der Waals surface area contributed by atoms with Crippen LogP contribution in [0.2, 0.25) is 0 Å². The molecule has 0 aliphatic heterocycles. The average Bonchev–Trinajstić information content (AvgIpc) is 3.01. The van der Waals surface area contributed by atoms with Crippen molar-refractivity contribution in [3.63, 3.8) is 0 Å². The normalized spacial score (nSPS) is 10.8. The van der Waals surface area contributed by atoms with Crippen molar-refractivity contribution in [3.8, 4) is 0 Å². The second-order valence-electron chi connectivity index (χ2n) is 4.74. The Bertz CT molecular complexity index is 889. The number of carbonyl (C=O) groups is 1. The van der Waals surface area contributed by atoms with E-state index in [9.17, 15) is 9.59 Å². The van der Waals surface area contributed by atoms with Crippen LogP contribution in [0.1, 0.15) is 16.1 Å². The molecule has 9 heteroatoms. The van der Waals surface area contributed by atoms with Crippen LogP contribution in [-0.4, -0.2) is 36.2 Å². The first-order valence-corrected chi connectivity index (χ1v) is 7.43. The van der Waals surface area contributed by atoms with Crippen molar-refractivity contribution in [2.24, 2.45) is 0 Å². The molecule has 0 saturated carbocycles. The molecule has 0 spiro atoms. The Morgan fingerprint density at radius 2 is 2.04 bits per heavy atom. The van der Waals surface area contributed by atoms with Gasteiger partial charge in [-0.1, -0.05) is 35.5 Å². The molecule has 3 aromatic rings. The Morgan fingerprint density at radius 3 is 2.78 bits per heavy atom. The number of benzene rings is 1. The molecule has 8 nitrogen and oxygen atoms in total. The molecule has 118 valence electrons. The van der Waals surface area contributed by atoms with E-state index in [4.69, 9.17) is 11.6 Å². The molecule has 0 aliphatic carbocycles. The van der Waals surface area contributed by atoms with Crippen LogP contribution in [0.4, 0.5) is 0 Å². The summed E-state index contributed by atoms with van der Waals surface area (Å²) >= 11 is 5.60. The fraction of sp³-hybridized carbons (Fsp3) is 0.214. The number of hydrogen-bond acceptors (Lipinski definition) is 5. The van der Waals surface area contributed by atoms with Crippen LogP contribution in [0.15, 0.2) is 41.5 Å². The molecule has 2 heterocycles. The third kappa shape index (κ3) is 3.07. The number of hydrogen-bond donors (Lipinski definition) is 1. The van der Waals surface area contributed by atoms with Crippen LogP contribution in [0.5, 0.6) is 0 Å². The van der Waals surface area contributed by atoms with Gasteiger partial charge in [0.2, 0.25) is 0 Å². The highest BCUT2D eigenvalue weighted by molar-refractivity contribution is 6.17. The summed E-state index contributed by atoms with van der Waals surface area (Å²) in [5.74, 6) is -0.181. The van der Waals surface area contributed by atoms with Gasteiger partial charge in [0.25, 0.3) is 5.91 Å². The van der Waals surface area contributed by atoms with Gasteiger partial charge in [0, 0.05) is 12.4 Å². The molecule has 1 aromatic carbocycles. The zero-order valence-corrected chi connectivity index (χ0v) is 12.8. The van der Waals surface area contributed by atoms with Gasteiger partial charge >= 0.3 is 5.69 Å². The van der Waals surface area contributed by atoms with Gasteiger partial charge < -0.3 is 5.32 Å². The maximum Gasteiger partial charge on any atom is 0.353 e. The smallest absolute Gasteiger partial charge is 0.346 e. The van der Waals surface area contributed by atoms with Crippen LogP contribution in [0, 0.1) is 0 Å². The average molecular weight is 333 g/mol. The van der Waals surface area contributed by atoms with E-state index in [1.807, 2.05) is 30.3 Å². The van der Waals surface area contributed by atoms with Crippen LogP contribution in [0.3, 0.4) is 0 Å². The fourth-order valence-electron chi connectivity index (χ4n) is 2.08. The van der Waals surface area contributed by atoms with E-state index in [2.05, 4.69) is 20.6 Å². The van der Waals surface area contributed by atoms with E-state index in [-0.39, 0.29) is 23.8 Å². The molecule has 0 bridgehead atoms. The number of nitrogens with one attached hydrogen (secondary N) is 1. The summed E-state index contributed by atoms with van der Waals surface area (Å²) < 4.78 is 2.30. The number of alkyl halides is 1. The monoisotopic (exact) mass is 332 g/mol. The predicted molar refractivity (Wildman–Crippen MR) is 83.4 cm³/mol. The highest BCUT2D eigenvalue weighted by atomic mass is 35.5. The zero-order valence-electron chi connectivity index (χ0n) is 12.0. The lowest BCUT2D eigenvalue weighted by atomic mass is 10.2. The van der Waals surface area contributed by atoms with Crippen molar-refractivity contribution in [1.82, 2.24) is 29.7 Å². The van der Waals surface area contributed by atoms with Crippen molar-refractivity contribution in [2.75, 3.05) is 5.88 Å². The lowest BCUT2D eigenvalue weighted by Crippen LogP contribution is -2.31. The summed E-state index contributed by atoms with van der Waals surface area (Å²) in [6, 6.07) is 9.47. The molecule has 1 N–H and O–H groups in total. The fourth-order valence-corrected chi connectivity index (χ4v) is 2.24. The van der Waals surface area contributed by atoms with E-state index >= 15 is 0 Å². The van der Waals surface area contributed by atoms with Crippen LogP contribution < -0.4 is 11.0 Å². The van der Waals surface area contributed by atoms with E-state index in [0.717, 1.165) is 10.2 Å². The van der Waals surface area contributed by atoms with Gasteiger partial charge in [-0.25, -0.2) is 14.2 Å². The topological polar surface area (TPSA) is 94.2 Å². The quantitative estimate of drug-likeness (QED) is 0.685. The van der Waals surface area contributed by atoms with Gasteiger partial charge in [0.1, 0.15) is 6.33 Å². The van der Waals surface area contributed by atoms with Gasteiger partial charge in [-0.2, -0.15) is 4.68 Å². The summed E-state index contributed by atoms with van der Waals surface area (Å²) in [5.41, 5.74) is 0.695. The lowest BCUT2D eigenvalue weighted by molar-refractivity contribution is 0.0948. The first-order chi connectivity index (χ1) is 11.2. The molecule has 1 amide bonds. The number of rotatable bonds is 5. The minimum absolute atomic E-state index is 0.0588. The highest BCUT2D eigenvalue weighted by Crippen LogP contribution is 2.04. The maximum atomic E-state index is 12.2. The highest BCUT2D eigenvalue weighted by Gasteiger charge is 2.17. The zero-order chi connectivity index (χ0) is 16.2. The van der Waals surface area contributed by atoms with Crippen molar-refractivity contribution in [1.29, 1.82) is 0 Å². The number of imidazole rings is 1. The molecule has 2 aromatic heterocycles. The van der Waals surface area contributed by atoms with Crippen molar-refractivity contribution in [2.45, 2.75) is 13.1 Å². The number of nitrogens with zero attached hydrogens (tertiary/aromatic N) is 5. The van der Waals surface area contributed by atoms with Crippen molar-refractivity contribution in [3.05, 3.63) is 58.4 Å². The van der Waals surface area contributed by atoms with Crippen LogP contribution in [-0.2, 0) is 13.1 Å². The minimum atomic E-state index is -0.440. The van der Waals surface area contributed by atoms with Gasteiger partial charge in [-0.3, -0.25) is 4.79 Å². The van der Waals surface area contributed by atoms with Gasteiger partial charge in [-0.15, -0.1) is 16.7 Å². The number of carbonyl (C=O) groups excluding carboxylic acids is 1. The molecule has 0 aliphatic rings. The Labute approximate surface area is 135 Å². The number of fused-ring (bicyclic) bond motifs is 1. The molecule has 0 saturated heterocycles. The Morgan fingerprint density at radius 1 is 1.26 bits per heavy atom. The molecular formula is C14H13ClN6O2. The number of aryl methyl sites for hydroxylation is 1. The molecule has 3 rings (SSSR count). The maximum absolute atomic E-state index is 12.2. The third-order valence-electron chi connectivity index (χ3n) is 3.22. The number of amides is 1. The van der Waals surface area contributed by atoms with E-state index in [0.29, 0.717) is 6.54 Å². The lowest BCUT2D eigenvalue weighted by Gasteiger charge is -2.04. The third-order valence-corrected chi connectivity index (χ3v) is 3.39. The van der Waals surface area contributed by atoms with Crippen LogP contribution in [0.25, 0.3) is 5.65 Å². The summed E-state index contributed by atoms with van der Waals surface area (Å²) in [6.45, 7) is 0.590. The Balaban J connectivity index is 1.84. The Hall–Kier alpha value is -2.74. The predicted octanol–water partition coefficient (Wildman–Crippen LogP) is 0.455. The number of halogens is 1. The first-order valence-electron chi connectivity index (χ1n) is 6.89. The molecule has 0 fully saturated rings. The largest absolute Gasteiger partial charge is 0.353 e. The van der Waals surface area contributed by atoms with Crippen molar-refractivity contribution >= 4 is 23.2 Å². The van der Waals surface area contributed by atoms with Crippen molar-refractivity contribution < 1.29 is 4.79 Å². The van der Waals surface area contributed by atoms with E-state index in [1.54, 1.807) is 0 Å². The van der Waals surface area contributed by atoms with Gasteiger partial charge in [-0.05, 0) is 5.56 Å². The second kappa shape index (κ2) is 6.57. The molecule has 0 atom stereocenters. The molecule has 23 heavy (non-hydrogen) atoms. The van der Waals surface area contributed by atoms with E-state index < -0.39 is 11.6 Å². The van der Waals surface area contributed by atoms with Gasteiger partial charge in [0.15, 0.2) is 11.3 Å². The second-order valence-corrected chi connectivity index (χ2v) is 5.12.